The van der Waals surface area contributed by atoms with Crippen LogP contribution in [-0.2, 0) is 6.42 Å². The van der Waals surface area contributed by atoms with Crippen molar-refractivity contribution < 1.29 is 4.42 Å². The lowest BCUT2D eigenvalue weighted by molar-refractivity contribution is 0.445. The second-order valence-corrected chi connectivity index (χ2v) is 4.76. The highest BCUT2D eigenvalue weighted by Crippen LogP contribution is 2.24. The maximum absolute atomic E-state index is 6.18. The van der Waals surface area contributed by atoms with Crippen molar-refractivity contribution in [1.29, 1.82) is 0 Å². The summed E-state index contributed by atoms with van der Waals surface area (Å²) in [6, 6.07) is 9.71. The quantitative estimate of drug-likeness (QED) is 0.899. The lowest BCUT2D eigenvalue weighted by Crippen LogP contribution is -2.12. The van der Waals surface area contributed by atoms with Gasteiger partial charge in [0.05, 0.1) is 6.04 Å². The first kappa shape index (κ1) is 12.2. The minimum Gasteiger partial charge on any atom is -0.465 e. The Morgan fingerprint density at radius 3 is 2.59 bits per heavy atom. The van der Waals surface area contributed by atoms with Crippen LogP contribution < -0.4 is 5.73 Å². The van der Waals surface area contributed by atoms with E-state index in [2.05, 4.69) is 0 Å². The molecule has 0 bridgehead atoms. The first-order chi connectivity index (χ1) is 8.06. The number of halogens is 1. The molecular formula is C14H16ClNO. The number of rotatable bonds is 3. The molecule has 90 valence electrons. The van der Waals surface area contributed by atoms with Crippen molar-refractivity contribution in [3.63, 3.8) is 0 Å². The minimum atomic E-state index is -0.149. The maximum Gasteiger partial charge on any atom is 0.121 e. The van der Waals surface area contributed by atoms with Crippen LogP contribution >= 0.6 is 11.6 Å². The van der Waals surface area contributed by atoms with Gasteiger partial charge in [0, 0.05) is 5.02 Å². The van der Waals surface area contributed by atoms with Crippen molar-refractivity contribution in [2.45, 2.75) is 26.3 Å². The van der Waals surface area contributed by atoms with Gasteiger partial charge in [0.25, 0.3) is 0 Å². The first-order valence-corrected chi connectivity index (χ1v) is 6.01. The molecule has 0 radical (unpaired) electrons. The fourth-order valence-corrected chi connectivity index (χ4v) is 2.12. The highest BCUT2D eigenvalue weighted by Gasteiger charge is 2.12. The normalized spacial score (nSPS) is 12.7. The highest BCUT2D eigenvalue weighted by molar-refractivity contribution is 6.31. The number of furan rings is 1. The van der Waals surface area contributed by atoms with E-state index in [1.165, 1.54) is 0 Å². The van der Waals surface area contributed by atoms with Gasteiger partial charge in [0.2, 0.25) is 0 Å². The summed E-state index contributed by atoms with van der Waals surface area (Å²) in [6.07, 6.45) is 0.687. The SMILES string of the molecule is Cc1ccc(CC(N)c2ccc(C)o2)c(Cl)c1. The van der Waals surface area contributed by atoms with Crippen molar-refractivity contribution in [1.82, 2.24) is 0 Å². The Kier molecular flexibility index (Phi) is 3.55. The van der Waals surface area contributed by atoms with Crippen LogP contribution in [0.2, 0.25) is 5.02 Å². The van der Waals surface area contributed by atoms with Crippen molar-refractivity contribution in [3.8, 4) is 0 Å². The van der Waals surface area contributed by atoms with Gasteiger partial charge in [-0.25, -0.2) is 0 Å². The van der Waals surface area contributed by atoms with Crippen LogP contribution in [0.5, 0.6) is 0 Å². The van der Waals surface area contributed by atoms with E-state index >= 15 is 0 Å². The summed E-state index contributed by atoms with van der Waals surface area (Å²) >= 11 is 6.18. The fraction of sp³-hybridized carbons (Fsp3) is 0.286. The molecular weight excluding hydrogens is 234 g/mol. The zero-order chi connectivity index (χ0) is 12.4. The zero-order valence-corrected chi connectivity index (χ0v) is 10.8. The second kappa shape index (κ2) is 4.94. The third-order valence-electron chi connectivity index (χ3n) is 2.77. The Labute approximate surface area is 106 Å². The van der Waals surface area contributed by atoms with Crippen LogP contribution in [0.4, 0.5) is 0 Å². The summed E-state index contributed by atoms with van der Waals surface area (Å²) in [7, 11) is 0. The van der Waals surface area contributed by atoms with E-state index in [9.17, 15) is 0 Å². The maximum atomic E-state index is 6.18. The highest BCUT2D eigenvalue weighted by atomic mass is 35.5. The van der Waals surface area contributed by atoms with Gasteiger partial charge in [-0.3, -0.25) is 0 Å². The number of hydrogen-bond donors (Lipinski definition) is 1. The molecule has 0 aliphatic rings. The Hall–Kier alpha value is -1.25. The molecule has 2 N–H and O–H groups in total. The van der Waals surface area contributed by atoms with E-state index in [1.54, 1.807) is 0 Å². The monoisotopic (exact) mass is 249 g/mol. The molecule has 0 spiro atoms. The third kappa shape index (κ3) is 2.90. The fourth-order valence-electron chi connectivity index (χ4n) is 1.81. The molecule has 0 saturated carbocycles. The smallest absolute Gasteiger partial charge is 0.121 e. The van der Waals surface area contributed by atoms with Gasteiger partial charge >= 0.3 is 0 Å². The topological polar surface area (TPSA) is 39.2 Å². The van der Waals surface area contributed by atoms with Gasteiger partial charge in [0.1, 0.15) is 11.5 Å². The van der Waals surface area contributed by atoms with E-state index in [1.807, 2.05) is 44.2 Å². The van der Waals surface area contributed by atoms with Crippen molar-refractivity contribution in [2.75, 3.05) is 0 Å². The average Bonchev–Trinajstić information content (AvgIpc) is 2.69. The predicted octanol–water partition coefficient (Wildman–Crippen LogP) is 3.79. The largest absolute Gasteiger partial charge is 0.465 e. The molecule has 0 saturated heterocycles. The van der Waals surface area contributed by atoms with Gasteiger partial charge in [0.15, 0.2) is 0 Å². The Balaban J connectivity index is 2.15. The minimum absolute atomic E-state index is 0.149. The van der Waals surface area contributed by atoms with Crippen molar-refractivity contribution >= 4 is 11.6 Å². The molecule has 17 heavy (non-hydrogen) atoms. The molecule has 0 amide bonds. The van der Waals surface area contributed by atoms with Crippen LogP contribution in [-0.4, -0.2) is 0 Å². The molecule has 2 nitrogen and oxygen atoms in total. The lowest BCUT2D eigenvalue weighted by Gasteiger charge is -2.10. The summed E-state index contributed by atoms with van der Waals surface area (Å²) in [4.78, 5) is 0. The Bertz CT molecular complexity index is 519. The number of nitrogens with two attached hydrogens (primary N) is 1. The molecule has 0 aliphatic carbocycles. The average molecular weight is 250 g/mol. The van der Waals surface area contributed by atoms with E-state index in [-0.39, 0.29) is 6.04 Å². The second-order valence-electron chi connectivity index (χ2n) is 4.35. The Morgan fingerprint density at radius 2 is 2.00 bits per heavy atom. The van der Waals surface area contributed by atoms with Crippen LogP contribution in [0.1, 0.15) is 28.7 Å². The zero-order valence-electron chi connectivity index (χ0n) is 10.0. The van der Waals surface area contributed by atoms with Gasteiger partial charge in [-0.15, -0.1) is 0 Å². The molecule has 1 unspecified atom stereocenters. The van der Waals surface area contributed by atoms with Gasteiger partial charge in [-0.05, 0) is 49.6 Å². The van der Waals surface area contributed by atoms with Gasteiger partial charge in [-0.1, -0.05) is 23.7 Å². The number of aryl methyl sites for hydroxylation is 2. The summed E-state index contributed by atoms with van der Waals surface area (Å²) in [5, 5.41) is 0.767. The Morgan fingerprint density at radius 1 is 1.24 bits per heavy atom. The number of benzene rings is 1. The molecule has 2 rings (SSSR count). The predicted molar refractivity (Wildman–Crippen MR) is 70.3 cm³/mol. The molecule has 3 heteroatoms. The molecule has 1 aromatic carbocycles. The lowest BCUT2D eigenvalue weighted by atomic mass is 10.0. The van der Waals surface area contributed by atoms with Crippen molar-refractivity contribution in [3.05, 3.63) is 58.0 Å². The van der Waals surface area contributed by atoms with Crippen LogP contribution in [0.25, 0.3) is 0 Å². The standard InChI is InChI=1S/C14H16ClNO/c1-9-3-5-11(12(15)7-9)8-13(16)14-6-4-10(2)17-14/h3-7,13H,8,16H2,1-2H3. The summed E-state index contributed by atoms with van der Waals surface area (Å²) in [6.45, 7) is 3.93. The first-order valence-electron chi connectivity index (χ1n) is 5.63. The summed E-state index contributed by atoms with van der Waals surface area (Å²) < 4.78 is 5.51. The molecule has 2 aromatic rings. The summed E-state index contributed by atoms with van der Waals surface area (Å²) in [5.74, 6) is 1.68. The number of hydrogen-bond acceptors (Lipinski definition) is 2. The van der Waals surface area contributed by atoms with Gasteiger partial charge < -0.3 is 10.2 Å². The molecule has 1 aromatic heterocycles. The molecule has 1 heterocycles. The summed E-state index contributed by atoms with van der Waals surface area (Å²) in [5.41, 5.74) is 8.30. The van der Waals surface area contributed by atoms with Crippen LogP contribution in [0.3, 0.4) is 0 Å². The molecule has 0 aliphatic heterocycles. The van der Waals surface area contributed by atoms with E-state index in [0.717, 1.165) is 27.7 Å². The van der Waals surface area contributed by atoms with Crippen LogP contribution in [0, 0.1) is 13.8 Å². The van der Waals surface area contributed by atoms with Crippen LogP contribution in [0.15, 0.2) is 34.7 Å². The molecule has 1 atom stereocenters. The van der Waals surface area contributed by atoms with E-state index in [4.69, 9.17) is 21.8 Å². The van der Waals surface area contributed by atoms with Crippen molar-refractivity contribution in [2.24, 2.45) is 5.73 Å². The van der Waals surface area contributed by atoms with Gasteiger partial charge in [-0.2, -0.15) is 0 Å². The van der Waals surface area contributed by atoms with E-state index < -0.39 is 0 Å². The van der Waals surface area contributed by atoms with E-state index in [0.29, 0.717) is 6.42 Å². The molecule has 0 fully saturated rings. The third-order valence-corrected chi connectivity index (χ3v) is 3.13.